The Balaban J connectivity index is 0. The second-order valence-corrected chi connectivity index (χ2v) is 2.91. The van der Waals surface area contributed by atoms with Crippen LogP contribution in [0.25, 0.3) is 10.6 Å². The van der Waals surface area contributed by atoms with Crippen LogP contribution in [0.1, 0.15) is 26.7 Å². The average molecular weight is 228 g/mol. The molecule has 0 aromatic carbocycles. The number of hydrogen-bond acceptors (Lipinski definition) is 3. The summed E-state index contributed by atoms with van der Waals surface area (Å²) < 4.78 is 0. The van der Waals surface area contributed by atoms with Gasteiger partial charge in [0, 0.05) is 0 Å². The molecule has 0 spiro atoms. The summed E-state index contributed by atoms with van der Waals surface area (Å²) in [6.07, 6.45) is 0.670. The maximum atomic E-state index is 11.3. The van der Waals surface area contributed by atoms with Gasteiger partial charge in [-0.2, -0.15) is 0 Å². The average Bonchev–Trinajstić information content (AvgIpc) is 2.05. The molecule has 1 aliphatic heterocycles. The Morgan fingerprint density at radius 3 is 1.53 bits per heavy atom. The van der Waals surface area contributed by atoms with Crippen molar-refractivity contribution >= 4 is 17.8 Å². The van der Waals surface area contributed by atoms with Gasteiger partial charge in [-0.05, 0) is 18.9 Å². The van der Waals surface area contributed by atoms with Crippen LogP contribution in [0, 0.1) is 5.41 Å². The molecule has 0 atom stereocenters. The first kappa shape index (κ1) is 18.0. The third kappa shape index (κ3) is 3.28. The molecule has 5 nitrogen and oxygen atoms in total. The quantitative estimate of drug-likeness (QED) is 0.354. The fourth-order valence-corrected chi connectivity index (χ4v) is 1.36. The Labute approximate surface area is 133 Å². The van der Waals surface area contributed by atoms with Crippen LogP contribution in [-0.4, -0.2) is 17.8 Å². The number of nitrogens with zero attached hydrogens (tertiary/aromatic N) is 2. The Morgan fingerprint density at radius 1 is 0.933 bits per heavy atom. The largest absolute Gasteiger partial charge is 1.00 e. The van der Waals surface area contributed by atoms with Crippen molar-refractivity contribution in [2.45, 2.75) is 26.7 Å². The SMILES string of the molecule is CCC1(CC)C(=O)[N-]C(=O)[N-]C1=O.[Na+].[Na+]. The smallest absolute Gasteiger partial charge is 0.611 e. The van der Waals surface area contributed by atoms with E-state index in [0.29, 0.717) is 12.8 Å². The zero-order valence-corrected chi connectivity index (χ0v) is 13.5. The van der Waals surface area contributed by atoms with E-state index in [0.717, 1.165) is 0 Å². The first-order valence-corrected chi connectivity index (χ1v) is 4.13. The maximum Gasteiger partial charge on any atom is 1.00 e. The van der Waals surface area contributed by atoms with E-state index < -0.39 is 23.3 Å². The van der Waals surface area contributed by atoms with Crippen molar-refractivity contribution in [3.63, 3.8) is 0 Å². The van der Waals surface area contributed by atoms with Gasteiger partial charge in [0.25, 0.3) is 0 Å². The molecule has 0 aromatic heterocycles. The van der Waals surface area contributed by atoms with Crippen LogP contribution >= 0.6 is 0 Å². The van der Waals surface area contributed by atoms with E-state index in [1.165, 1.54) is 0 Å². The zero-order chi connectivity index (χ0) is 10.1. The van der Waals surface area contributed by atoms with Crippen LogP contribution in [0.2, 0.25) is 0 Å². The van der Waals surface area contributed by atoms with E-state index in [1.807, 2.05) is 0 Å². The van der Waals surface area contributed by atoms with Crippen molar-refractivity contribution in [1.82, 2.24) is 0 Å². The minimum atomic E-state index is -1.17. The summed E-state index contributed by atoms with van der Waals surface area (Å²) in [5.74, 6) is -1.30. The molecular formula is C8H10N2Na2O3. The van der Waals surface area contributed by atoms with E-state index in [9.17, 15) is 14.4 Å². The van der Waals surface area contributed by atoms with E-state index >= 15 is 0 Å². The van der Waals surface area contributed by atoms with Gasteiger partial charge in [-0.1, -0.05) is 13.8 Å². The van der Waals surface area contributed by atoms with Crippen molar-refractivity contribution in [3.05, 3.63) is 10.6 Å². The fraction of sp³-hybridized carbons (Fsp3) is 0.625. The molecule has 0 unspecified atom stereocenters. The van der Waals surface area contributed by atoms with E-state index in [2.05, 4.69) is 10.6 Å². The molecule has 1 heterocycles. The molecule has 0 N–H and O–H groups in total. The number of urea groups is 1. The molecule has 0 radical (unpaired) electrons. The van der Waals surface area contributed by atoms with Crippen LogP contribution in [0.15, 0.2) is 0 Å². The number of rotatable bonds is 2. The molecule has 1 rings (SSSR count). The van der Waals surface area contributed by atoms with Crippen molar-refractivity contribution in [2.75, 3.05) is 0 Å². The predicted octanol–water partition coefficient (Wildman–Crippen LogP) is -4.26. The molecule has 72 valence electrons. The predicted molar refractivity (Wildman–Crippen MR) is 45.1 cm³/mol. The number of amides is 4. The molecule has 7 heteroatoms. The summed E-state index contributed by atoms with van der Waals surface area (Å²) in [5, 5.41) is 6.33. The van der Waals surface area contributed by atoms with Gasteiger partial charge in [0.15, 0.2) is 0 Å². The van der Waals surface area contributed by atoms with Gasteiger partial charge in [0.2, 0.25) is 0 Å². The maximum absolute atomic E-state index is 11.3. The Morgan fingerprint density at radius 2 is 1.27 bits per heavy atom. The molecule has 1 fully saturated rings. The Bertz CT molecular complexity index is 255. The Hall–Kier alpha value is 0.610. The number of carbonyl (C=O) groups excluding carboxylic acids is 3. The summed E-state index contributed by atoms with van der Waals surface area (Å²) in [6, 6.07) is -0.979. The van der Waals surface area contributed by atoms with E-state index in [4.69, 9.17) is 0 Å². The normalized spacial score (nSPS) is 18.1. The summed E-state index contributed by atoms with van der Waals surface area (Å²) in [7, 11) is 0. The number of barbiturate groups is 1. The van der Waals surface area contributed by atoms with Crippen molar-refractivity contribution < 1.29 is 73.5 Å². The Kier molecular flexibility index (Phi) is 8.44. The molecule has 0 saturated carbocycles. The van der Waals surface area contributed by atoms with Crippen molar-refractivity contribution in [3.8, 4) is 0 Å². The van der Waals surface area contributed by atoms with Gasteiger partial charge in [-0.15, -0.1) is 0 Å². The standard InChI is InChI=1S/C8H12N2O3.2Na/c1-3-8(4-2)5(11)9-7(13)10-6(8)12;;/h3-4H2,1-2H3,(H2,9,10,11,12,13);;/q;2*+1/p-2. The van der Waals surface area contributed by atoms with Crippen LogP contribution in [0.4, 0.5) is 4.79 Å². The first-order chi connectivity index (χ1) is 6.06. The summed E-state index contributed by atoms with van der Waals surface area (Å²) >= 11 is 0. The summed E-state index contributed by atoms with van der Waals surface area (Å²) in [5.41, 5.74) is -1.17. The van der Waals surface area contributed by atoms with Crippen LogP contribution in [0.5, 0.6) is 0 Å². The summed E-state index contributed by atoms with van der Waals surface area (Å²) in [6.45, 7) is 3.42. The molecular weight excluding hydrogens is 218 g/mol. The second kappa shape index (κ2) is 7.04. The topological polar surface area (TPSA) is 79.4 Å². The van der Waals surface area contributed by atoms with E-state index in [-0.39, 0.29) is 59.1 Å². The van der Waals surface area contributed by atoms with Gasteiger partial charge >= 0.3 is 59.1 Å². The number of imide groups is 2. The molecule has 1 aliphatic rings. The monoisotopic (exact) mass is 228 g/mol. The minimum absolute atomic E-state index is 0. The van der Waals surface area contributed by atoms with Crippen LogP contribution in [0.3, 0.4) is 0 Å². The van der Waals surface area contributed by atoms with E-state index in [1.54, 1.807) is 13.8 Å². The van der Waals surface area contributed by atoms with Gasteiger partial charge in [-0.25, -0.2) is 0 Å². The molecule has 0 aromatic rings. The van der Waals surface area contributed by atoms with Crippen molar-refractivity contribution in [2.24, 2.45) is 5.41 Å². The van der Waals surface area contributed by atoms with Gasteiger partial charge < -0.3 is 25.0 Å². The van der Waals surface area contributed by atoms with Gasteiger partial charge in [0.05, 0.1) is 17.2 Å². The first-order valence-electron chi connectivity index (χ1n) is 4.13. The third-order valence-electron chi connectivity index (χ3n) is 2.42. The minimum Gasteiger partial charge on any atom is -0.611 e. The van der Waals surface area contributed by atoms with Crippen LogP contribution < -0.4 is 59.1 Å². The van der Waals surface area contributed by atoms with Crippen LogP contribution in [-0.2, 0) is 9.59 Å². The van der Waals surface area contributed by atoms with Crippen molar-refractivity contribution in [1.29, 1.82) is 0 Å². The number of carbonyl (C=O) groups is 3. The van der Waals surface area contributed by atoms with Gasteiger partial charge in [-0.3, -0.25) is 0 Å². The molecule has 1 saturated heterocycles. The third-order valence-corrected chi connectivity index (χ3v) is 2.42. The van der Waals surface area contributed by atoms with Gasteiger partial charge in [0.1, 0.15) is 0 Å². The molecule has 15 heavy (non-hydrogen) atoms. The molecule has 0 bridgehead atoms. The molecule has 0 aliphatic carbocycles. The fourth-order valence-electron chi connectivity index (χ4n) is 1.36. The number of hydrogen-bond donors (Lipinski definition) is 0. The molecule has 4 amide bonds. The zero-order valence-electron chi connectivity index (χ0n) is 9.53. The summed E-state index contributed by atoms with van der Waals surface area (Å²) in [4.78, 5) is 33.3. The second-order valence-electron chi connectivity index (χ2n) is 2.91.